The molecule has 0 heterocycles. The minimum Gasteiger partial charge on any atom is -0.497 e. The Bertz CT molecular complexity index is 479. The fraction of sp³-hybridized carbons (Fsp3) is 0.500. The topological polar surface area (TPSA) is 64.6 Å². The molecule has 1 aromatic rings. The molecule has 0 aliphatic carbocycles. The number of nitrogens with one attached hydrogen (secondary N) is 1. The van der Waals surface area contributed by atoms with Crippen LogP contribution in [0.5, 0.6) is 5.75 Å². The maximum atomic E-state index is 11.6. The van der Waals surface area contributed by atoms with E-state index in [4.69, 9.17) is 9.47 Å². The first kappa shape index (κ1) is 17.0. The van der Waals surface area contributed by atoms with Crippen LogP contribution in [-0.2, 0) is 16.0 Å². The maximum absolute atomic E-state index is 11.6. The van der Waals surface area contributed by atoms with Gasteiger partial charge in [0.05, 0.1) is 7.11 Å². The van der Waals surface area contributed by atoms with Crippen molar-refractivity contribution in [2.75, 3.05) is 13.7 Å². The van der Waals surface area contributed by atoms with Gasteiger partial charge in [-0.05, 0) is 44.9 Å². The van der Waals surface area contributed by atoms with Crippen LogP contribution in [0.4, 0.5) is 4.79 Å². The minimum atomic E-state index is -0.548. The third-order valence-electron chi connectivity index (χ3n) is 2.73. The Morgan fingerprint density at radius 1 is 1.38 bits per heavy atom. The van der Waals surface area contributed by atoms with Crippen molar-refractivity contribution in [2.24, 2.45) is 5.92 Å². The molecule has 0 aromatic heterocycles. The van der Waals surface area contributed by atoms with Crippen molar-refractivity contribution in [2.45, 2.75) is 32.8 Å². The molecule has 0 saturated carbocycles. The fourth-order valence-corrected chi connectivity index (χ4v) is 1.80. The number of benzene rings is 1. The first-order valence-electron chi connectivity index (χ1n) is 6.89. The molecule has 1 amide bonds. The molecule has 0 saturated heterocycles. The van der Waals surface area contributed by atoms with Crippen LogP contribution in [0.3, 0.4) is 0 Å². The Hall–Kier alpha value is -2.04. The van der Waals surface area contributed by atoms with Crippen LogP contribution in [0.25, 0.3) is 0 Å². The zero-order chi connectivity index (χ0) is 15.9. The van der Waals surface area contributed by atoms with E-state index in [1.165, 1.54) is 0 Å². The van der Waals surface area contributed by atoms with Gasteiger partial charge < -0.3 is 19.6 Å². The van der Waals surface area contributed by atoms with Gasteiger partial charge in [0, 0.05) is 12.5 Å². The molecule has 1 rings (SSSR count). The van der Waals surface area contributed by atoms with Crippen LogP contribution in [0.15, 0.2) is 24.3 Å². The number of amides is 1. The number of rotatable bonds is 6. The van der Waals surface area contributed by atoms with Crippen LogP contribution in [-0.4, -0.2) is 31.6 Å². The van der Waals surface area contributed by atoms with Crippen molar-refractivity contribution >= 4 is 12.4 Å². The van der Waals surface area contributed by atoms with Gasteiger partial charge in [-0.25, -0.2) is 4.79 Å². The molecule has 1 unspecified atom stereocenters. The van der Waals surface area contributed by atoms with Gasteiger partial charge in [0.15, 0.2) is 0 Å². The molecule has 0 aliphatic rings. The number of ether oxygens (including phenoxy) is 2. The summed E-state index contributed by atoms with van der Waals surface area (Å²) in [7, 11) is 1.60. The summed E-state index contributed by atoms with van der Waals surface area (Å²) in [5.41, 5.74) is 0.436. The summed E-state index contributed by atoms with van der Waals surface area (Å²) in [6, 6.07) is 7.52. The Kier molecular flexibility index (Phi) is 6.21. The van der Waals surface area contributed by atoms with Crippen LogP contribution in [0.2, 0.25) is 0 Å². The Balaban J connectivity index is 2.51. The third-order valence-corrected chi connectivity index (χ3v) is 2.73. The lowest BCUT2D eigenvalue weighted by Gasteiger charge is -2.20. The highest BCUT2D eigenvalue weighted by Gasteiger charge is 2.17. The third kappa shape index (κ3) is 6.79. The molecule has 1 atom stereocenters. The zero-order valence-electron chi connectivity index (χ0n) is 13.0. The molecule has 0 fully saturated rings. The monoisotopic (exact) mass is 293 g/mol. The summed E-state index contributed by atoms with van der Waals surface area (Å²) in [5, 5.41) is 2.62. The summed E-state index contributed by atoms with van der Waals surface area (Å²) < 4.78 is 10.3. The summed E-state index contributed by atoms with van der Waals surface area (Å²) in [5.74, 6) is 0.446. The van der Waals surface area contributed by atoms with Crippen molar-refractivity contribution in [1.29, 1.82) is 0 Å². The van der Waals surface area contributed by atoms with E-state index < -0.39 is 11.7 Å². The first-order chi connectivity index (χ1) is 9.84. The molecular weight excluding hydrogens is 270 g/mol. The zero-order valence-corrected chi connectivity index (χ0v) is 13.0. The van der Waals surface area contributed by atoms with E-state index in [1.807, 2.05) is 24.3 Å². The molecule has 21 heavy (non-hydrogen) atoms. The smallest absolute Gasteiger partial charge is 0.407 e. The molecule has 1 N–H and O–H groups in total. The summed E-state index contributed by atoms with van der Waals surface area (Å²) in [6.07, 6.45) is 0.868. The van der Waals surface area contributed by atoms with Gasteiger partial charge in [-0.2, -0.15) is 0 Å². The van der Waals surface area contributed by atoms with Crippen molar-refractivity contribution in [1.82, 2.24) is 5.32 Å². The van der Waals surface area contributed by atoms with Gasteiger partial charge in [-0.1, -0.05) is 12.1 Å². The molecule has 0 bridgehead atoms. The first-order valence-corrected chi connectivity index (χ1v) is 6.89. The average molecular weight is 293 g/mol. The summed E-state index contributed by atoms with van der Waals surface area (Å²) >= 11 is 0. The average Bonchev–Trinajstić information content (AvgIpc) is 2.41. The predicted molar refractivity (Wildman–Crippen MR) is 80.5 cm³/mol. The minimum absolute atomic E-state index is 0.246. The fourth-order valence-electron chi connectivity index (χ4n) is 1.80. The standard InChI is InChI=1S/C16H23NO4/c1-16(2,3)21-15(19)17-10-13(11-18)8-12-6-5-7-14(9-12)20-4/h5-7,9,11,13H,8,10H2,1-4H3,(H,17,19). The SMILES string of the molecule is COc1cccc(CC(C=O)CNC(=O)OC(C)(C)C)c1. The van der Waals surface area contributed by atoms with Gasteiger partial charge >= 0.3 is 6.09 Å². The number of aldehydes is 1. The number of carbonyl (C=O) groups excluding carboxylic acids is 2. The molecule has 5 heteroatoms. The quantitative estimate of drug-likeness (QED) is 0.819. The largest absolute Gasteiger partial charge is 0.497 e. The van der Waals surface area contributed by atoms with E-state index in [2.05, 4.69) is 5.32 Å². The number of carbonyl (C=O) groups is 2. The Morgan fingerprint density at radius 3 is 2.67 bits per heavy atom. The van der Waals surface area contributed by atoms with Crippen LogP contribution in [0.1, 0.15) is 26.3 Å². The molecule has 0 aliphatic heterocycles. The highest BCUT2D eigenvalue weighted by atomic mass is 16.6. The van der Waals surface area contributed by atoms with E-state index in [1.54, 1.807) is 27.9 Å². The molecule has 1 aromatic carbocycles. The lowest BCUT2D eigenvalue weighted by Crippen LogP contribution is -2.36. The molecule has 0 radical (unpaired) electrons. The van der Waals surface area contributed by atoms with Crippen LogP contribution in [0, 0.1) is 5.92 Å². The normalized spacial score (nSPS) is 12.4. The lowest BCUT2D eigenvalue weighted by atomic mass is 10.0. The maximum Gasteiger partial charge on any atom is 0.407 e. The van der Waals surface area contributed by atoms with Crippen molar-refractivity contribution < 1.29 is 19.1 Å². The van der Waals surface area contributed by atoms with Crippen LogP contribution >= 0.6 is 0 Å². The number of hydrogen-bond donors (Lipinski definition) is 1. The van der Waals surface area contributed by atoms with Crippen molar-refractivity contribution in [3.63, 3.8) is 0 Å². The summed E-state index contributed by atoms with van der Waals surface area (Å²) in [6.45, 7) is 5.62. The lowest BCUT2D eigenvalue weighted by molar-refractivity contribution is -0.110. The van der Waals surface area contributed by atoms with Gasteiger partial charge in [-0.15, -0.1) is 0 Å². The van der Waals surface area contributed by atoms with Crippen LogP contribution < -0.4 is 10.1 Å². The Morgan fingerprint density at radius 2 is 2.10 bits per heavy atom. The van der Waals surface area contributed by atoms with Gasteiger partial charge in [0.2, 0.25) is 0 Å². The van der Waals surface area contributed by atoms with Crippen molar-refractivity contribution in [3.05, 3.63) is 29.8 Å². The number of methoxy groups -OCH3 is 1. The van der Waals surface area contributed by atoms with Gasteiger partial charge in [-0.3, -0.25) is 0 Å². The molecule has 5 nitrogen and oxygen atoms in total. The highest BCUT2D eigenvalue weighted by Crippen LogP contribution is 2.15. The Labute approximate surface area is 125 Å². The predicted octanol–water partition coefficient (Wildman–Crippen LogP) is 2.58. The molecular formula is C16H23NO4. The number of alkyl carbamates (subject to hydrolysis) is 1. The number of hydrogen-bond acceptors (Lipinski definition) is 4. The highest BCUT2D eigenvalue weighted by molar-refractivity contribution is 5.68. The van der Waals surface area contributed by atoms with Gasteiger partial charge in [0.1, 0.15) is 17.6 Å². The van der Waals surface area contributed by atoms with E-state index in [-0.39, 0.29) is 12.5 Å². The molecule has 0 spiro atoms. The van der Waals surface area contributed by atoms with E-state index in [0.717, 1.165) is 17.6 Å². The second-order valence-corrected chi connectivity index (χ2v) is 5.83. The van der Waals surface area contributed by atoms with Gasteiger partial charge in [0.25, 0.3) is 0 Å². The van der Waals surface area contributed by atoms with E-state index >= 15 is 0 Å². The van der Waals surface area contributed by atoms with Crippen molar-refractivity contribution in [3.8, 4) is 5.75 Å². The van der Waals surface area contributed by atoms with E-state index in [0.29, 0.717) is 6.42 Å². The summed E-state index contributed by atoms with van der Waals surface area (Å²) in [4.78, 5) is 22.7. The van der Waals surface area contributed by atoms with E-state index in [9.17, 15) is 9.59 Å². The molecule has 116 valence electrons. The second-order valence-electron chi connectivity index (χ2n) is 5.83. The second kappa shape index (κ2) is 7.67.